The molecule has 0 spiro atoms. The monoisotopic (exact) mass is 384 g/mol. The van der Waals surface area contributed by atoms with Gasteiger partial charge in [-0.3, -0.25) is 4.79 Å². The maximum atomic E-state index is 12.7. The lowest BCUT2D eigenvalue weighted by Gasteiger charge is -2.26. The van der Waals surface area contributed by atoms with E-state index in [1.165, 1.54) is 6.33 Å². The number of halogens is 1. The van der Waals surface area contributed by atoms with Crippen molar-refractivity contribution in [3.8, 4) is 5.69 Å². The summed E-state index contributed by atoms with van der Waals surface area (Å²) in [6.07, 6.45) is 3.15. The molecule has 0 aliphatic rings. The number of hydrogen-bond acceptors (Lipinski definition) is 3. The Morgan fingerprint density at radius 3 is 2.50 bits per heavy atom. The van der Waals surface area contributed by atoms with Gasteiger partial charge in [-0.25, -0.2) is 9.67 Å². The Morgan fingerprint density at radius 2 is 1.88 bits per heavy atom. The molecule has 3 rings (SSSR count). The van der Waals surface area contributed by atoms with Gasteiger partial charge in [0.2, 0.25) is 0 Å². The molecule has 2 aromatic carbocycles. The summed E-state index contributed by atoms with van der Waals surface area (Å²) < 4.78 is 2.50. The van der Waals surface area contributed by atoms with Crippen molar-refractivity contribution in [2.75, 3.05) is 7.05 Å². The van der Waals surface area contributed by atoms with Crippen molar-refractivity contribution < 1.29 is 4.79 Å². The summed E-state index contributed by atoms with van der Waals surface area (Å²) in [6, 6.07) is 15.4. The average Bonchev–Trinajstić information content (AvgIpc) is 3.15. The first-order valence-electron chi connectivity index (χ1n) is 7.54. The van der Waals surface area contributed by atoms with Crippen molar-refractivity contribution >= 4 is 21.8 Å². The molecule has 0 fully saturated rings. The lowest BCUT2D eigenvalue weighted by atomic mass is 10.1. The molecule has 1 amide bonds. The summed E-state index contributed by atoms with van der Waals surface area (Å²) in [7, 11) is 1.82. The number of carbonyl (C=O) groups excluding carboxylic acids is 1. The highest BCUT2D eigenvalue weighted by molar-refractivity contribution is 9.10. The van der Waals surface area contributed by atoms with Gasteiger partial charge in [0.1, 0.15) is 12.7 Å². The Bertz CT molecular complexity index is 830. The first kappa shape index (κ1) is 16.4. The minimum atomic E-state index is -0.0468. The van der Waals surface area contributed by atoms with E-state index >= 15 is 0 Å². The SMILES string of the molecule is C[C@H](c1ccc(-n2cncn2)cc1)N(C)C(=O)c1ccccc1Br. The number of hydrogen-bond donors (Lipinski definition) is 0. The number of benzene rings is 2. The highest BCUT2D eigenvalue weighted by Crippen LogP contribution is 2.24. The van der Waals surface area contributed by atoms with E-state index < -0.39 is 0 Å². The molecule has 6 heteroatoms. The Kier molecular flexibility index (Phi) is 4.76. The smallest absolute Gasteiger partial charge is 0.255 e. The molecule has 3 aromatic rings. The first-order valence-corrected chi connectivity index (χ1v) is 8.34. The minimum absolute atomic E-state index is 0.0182. The second-order valence-corrected chi connectivity index (χ2v) is 6.36. The molecule has 1 aromatic heterocycles. The topological polar surface area (TPSA) is 51.0 Å². The predicted octanol–water partition coefficient (Wildman–Crippen LogP) is 3.86. The van der Waals surface area contributed by atoms with E-state index in [-0.39, 0.29) is 11.9 Å². The van der Waals surface area contributed by atoms with Crippen LogP contribution in [0, 0.1) is 0 Å². The fraction of sp³-hybridized carbons (Fsp3) is 0.167. The largest absolute Gasteiger partial charge is 0.335 e. The number of carbonyl (C=O) groups is 1. The van der Waals surface area contributed by atoms with E-state index in [9.17, 15) is 4.79 Å². The zero-order chi connectivity index (χ0) is 17.1. The molecule has 0 aliphatic carbocycles. The maximum Gasteiger partial charge on any atom is 0.255 e. The van der Waals surface area contributed by atoms with Gasteiger partial charge in [-0.15, -0.1) is 0 Å². The Labute approximate surface area is 149 Å². The average molecular weight is 385 g/mol. The van der Waals surface area contributed by atoms with Gasteiger partial charge in [-0.05, 0) is 52.7 Å². The molecule has 0 bridgehead atoms. The van der Waals surface area contributed by atoms with Gasteiger partial charge in [-0.2, -0.15) is 5.10 Å². The van der Waals surface area contributed by atoms with Crippen LogP contribution in [-0.2, 0) is 0 Å². The highest BCUT2D eigenvalue weighted by Gasteiger charge is 2.20. The van der Waals surface area contributed by atoms with Crippen LogP contribution < -0.4 is 0 Å². The van der Waals surface area contributed by atoms with Gasteiger partial charge < -0.3 is 4.90 Å². The molecular formula is C18H17BrN4O. The number of rotatable bonds is 4. The zero-order valence-corrected chi connectivity index (χ0v) is 15.0. The molecule has 0 radical (unpaired) electrons. The Balaban J connectivity index is 1.79. The summed E-state index contributed by atoms with van der Waals surface area (Å²) in [5, 5.41) is 4.11. The standard InChI is InChI=1S/C18H17BrN4O/c1-13(22(2)18(24)16-5-3-4-6-17(16)19)14-7-9-15(10-8-14)23-12-20-11-21-23/h3-13H,1-2H3/t13-/m1/s1. The van der Waals surface area contributed by atoms with Crippen LogP contribution in [-0.4, -0.2) is 32.6 Å². The van der Waals surface area contributed by atoms with Crippen LogP contribution in [0.1, 0.15) is 28.9 Å². The molecule has 0 saturated heterocycles. The Hall–Kier alpha value is -2.47. The van der Waals surface area contributed by atoms with Crippen molar-refractivity contribution in [2.45, 2.75) is 13.0 Å². The summed E-state index contributed by atoms with van der Waals surface area (Å²) in [6.45, 7) is 2.01. The van der Waals surface area contributed by atoms with Gasteiger partial charge in [-0.1, -0.05) is 24.3 Å². The van der Waals surface area contributed by atoms with Crippen LogP contribution in [0.2, 0.25) is 0 Å². The zero-order valence-electron chi connectivity index (χ0n) is 13.4. The maximum absolute atomic E-state index is 12.7. The van der Waals surface area contributed by atoms with Crippen LogP contribution in [0.25, 0.3) is 5.69 Å². The molecule has 1 atom stereocenters. The van der Waals surface area contributed by atoms with Crippen LogP contribution in [0.4, 0.5) is 0 Å². The summed E-state index contributed by atoms with van der Waals surface area (Å²) in [5.74, 6) is -0.0182. The van der Waals surface area contributed by atoms with E-state index in [1.807, 2.05) is 62.5 Å². The lowest BCUT2D eigenvalue weighted by molar-refractivity contribution is 0.0741. The van der Waals surface area contributed by atoms with Gasteiger partial charge in [0, 0.05) is 11.5 Å². The number of amides is 1. The van der Waals surface area contributed by atoms with Crippen molar-refractivity contribution in [3.05, 3.63) is 76.8 Å². The molecule has 122 valence electrons. The molecule has 24 heavy (non-hydrogen) atoms. The first-order chi connectivity index (χ1) is 11.6. The molecule has 5 nitrogen and oxygen atoms in total. The van der Waals surface area contributed by atoms with Crippen molar-refractivity contribution in [3.63, 3.8) is 0 Å². The van der Waals surface area contributed by atoms with E-state index in [0.717, 1.165) is 15.7 Å². The third-order valence-corrected chi connectivity index (χ3v) is 4.76. The molecule has 0 saturated carbocycles. The van der Waals surface area contributed by atoms with Gasteiger partial charge >= 0.3 is 0 Å². The van der Waals surface area contributed by atoms with Crippen LogP contribution >= 0.6 is 15.9 Å². The van der Waals surface area contributed by atoms with E-state index in [1.54, 1.807) is 15.9 Å². The highest BCUT2D eigenvalue weighted by atomic mass is 79.9. The van der Waals surface area contributed by atoms with Crippen molar-refractivity contribution in [1.29, 1.82) is 0 Å². The summed E-state index contributed by atoms with van der Waals surface area (Å²) in [4.78, 5) is 18.4. The van der Waals surface area contributed by atoms with Gasteiger partial charge in [0.15, 0.2) is 0 Å². The summed E-state index contributed by atoms with van der Waals surface area (Å²) >= 11 is 3.44. The fourth-order valence-corrected chi connectivity index (χ4v) is 2.93. The third-order valence-electron chi connectivity index (χ3n) is 4.06. The number of aromatic nitrogens is 3. The van der Waals surface area contributed by atoms with Gasteiger partial charge in [0.25, 0.3) is 5.91 Å². The quantitative estimate of drug-likeness (QED) is 0.685. The van der Waals surface area contributed by atoms with Crippen LogP contribution in [0.5, 0.6) is 0 Å². The predicted molar refractivity (Wildman–Crippen MR) is 96.0 cm³/mol. The molecule has 0 unspecified atom stereocenters. The van der Waals surface area contributed by atoms with E-state index in [2.05, 4.69) is 26.0 Å². The van der Waals surface area contributed by atoms with Crippen LogP contribution in [0.3, 0.4) is 0 Å². The molecule has 1 heterocycles. The summed E-state index contributed by atoms with van der Waals surface area (Å²) in [5.41, 5.74) is 2.65. The second kappa shape index (κ2) is 6.97. The van der Waals surface area contributed by atoms with Crippen LogP contribution in [0.15, 0.2) is 65.7 Å². The van der Waals surface area contributed by atoms with E-state index in [4.69, 9.17) is 0 Å². The fourth-order valence-electron chi connectivity index (χ4n) is 2.47. The van der Waals surface area contributed by atoms with E-state index in [0.29, 0.717) is 5.56 Å². The normalized spacial score (nSPS) is 12.0. The van der Waals surface area contributed by atoms with Crippen molar-refractivity contribution in [2.24, 2.45) is 0 Å². The molecule has 0 N–H and O–H groups in total. The molecular weight excluding hydrogens is 368 g/mol. The third kappa shape index (κ3) is 3.23. The Morgan fingerprint density at radius 1 is 1.17 bits per heavy atom. The number of nitrogens with zero attached hydrogens (tertiary/aromatic N) is 4. The van der Waals surface area contributed by atoms with Gasteiger partial charge in [0.05, 0.1) is 17.3 Å². The molecule has 0 aliphatic heterocycles. The van der Waals surface area contributed by atoms with Crippen molar-refractivity contribution in [1.82, 2.24) is 19.7 Å². The second-order valence-electron chi connectivity index (χ2n) is 5.50. The minimum Gasteiger partial charge on any atom is -0.335 e. The lowest BCUT2D eigenvalue weighted by Crippen LogP contribution is -2.29.